The van der Waals surface area contributed by atoms with Gasteiger partial charge in [0.2, 0.25) is 5.91 Å². The molecule has 126 valence electrons. The van der Waals surface area contributed by atoms with E-state index in [0.29, 0.717) is 25.1 Å². The lowest BCUT2D eigenvalue weighted by Crippen LogP contribution is -2.31. The number of fused-ring (bicyclic) bond motifs is 1. The number of hydrogen-bond acceptors (Lipinski definition) is 3. The summed E-state index contributed by atoms with van der Waals surface area (Å²) < 4.78 is 0. The van der Waals surface area contributed by atoms with E-state index in [1.165, 1.54) is 0 Å². The lowest BCUT2D eigenvalue weighted by molar-refractivity contribution is -0.117. The monoisotopic (exact) mass is 334 g/mol. The molecule has 0 aliphatic carbocycles. The Balaban J connectivity index is 1.41. The first kappa shape index (κ1) is 15.4. The zero-order valence-electron chi connectivity index (χ0n) is 13.6. The van der Waals surface area contributed by atoms with Gasteiger partial charge in [-0.2, -0.15) is 0 Å². The molecule has 3 heterocycles. The van der Waals surface area contributed by atoms with Gasteiger partial charge < -0.3 is 15.2 Å². The summed E-state index contributed by atoms with van der Waals surface area (Å²) >= 11 is 0. The molecule has 0 saturated carbocycles. The largest absolute Gasteiger partial charge is 0.360 e. The molecule has 2 amide bonds. The van der Waals surface area contributed by atoms with Gasteiger partial charge in [0, 0.05) is 48.9 Å². The number of pyridine rings is 1. The van der Waals surface area contributed by atoms with E-state index in [-0.39, 0.29) is 17.7 Å². The van der Waals surface area contributed by atoms with E-state index in [1.54, 1.807) is 23.5 Å². The highest BCUT2D eigenvalue weighted by Crippen LogP contribution is 2.24. The van der Waals surface area contributed by atoms with Crippen LogP contribution in [0.3, 0.4) is 0 Å². The van der Waals surface area contributed by atoms with Gasteiger partial charge in [-0.1, -0.05) is 18.2 Å². The Labute approximate surface area is 144 Å². The van der Waals surface area contributed by atoms with Gasteiger partial charge in [-0.25, -0.2) is 0 Å². The first-order valence-corrected chi connectivity index (χ1v) is 8.27. The van der Waals surface area contributed by atoms with Crippen LogP contribution in [0.1, 0.15) is 16.8 Å². The molecule has 1 unspecified atom stereocenters. The van der Waals surface area contributed by atoms with Crippen LogP contribution >= 0.6 is 0 Å². The number of carbonyl (C=O) groups excluding carboxylic acids is 2. The average molecular weight is 334 g/mol. The van der Waals surface area contributed by atoms with Crippen LogP contribution in [-0.2, 0) is 4.79 Å². The molecule has 0 spiro atoms. The van der Waals surface area contributed by atoms with Crippen molar-refractivity contribution in [1.29, 1.82) is 0 Å². The number of benzene rings is 1. The van der Waals surface area contributed by atoms with Crippen molar-refractivity contribution in [1.82, 2.24) is 15.3 Å². The standard InChI is InChI=1S/C19H18N4O2/c24-18-8-13(12-23(18)14-4-2-1-3-5-14)9-22-19(25)16-10-20-11-17-15(16)6-7-21-17/h1-7,10-11,13,21H,8-9,12H2,(H,22,25). The minimum absolute atomic E-state index is 0.0971. The maximum atomic E-state index is 12.5. The summed E-state index contributed by atoms with van der Waals surface area (Å²) in [7, 11) is 0. The fourth-order valence-corrected chi connectivity index (χ4v) is 3.27. The number of hydrogen-bond donors (Lipinski definition) is 2. The Morgan fingerprint density at radius 3 is 2.92 bits per heavy atom. The summed E-state index contributed by atoms with van der Waals surface area (Å²) in [5.41, 5.74) is 2.28. The van der Waals surface area contributed by atoms with Gasteiger partial charge in [-0.15, -0.1) is 0 Å². The van der Waals surface area contributed by atoms with Gasteiger partial charge in [-0.3, -0.25) is 14.6 Å². The van der Waals surface area contributed by atoms with E-state index >= 15 is 0 Å². The number of aromatic amines is 1. The van der Waals surface area contributed by atoms with Crippen molar-refractivity contribution in [3.05, 3.63) is 60.6 Å². The molecule has 1 saturated heterocycles. The lowest BCUT2D eigenvalue weighted by Gasteiger charge is -2.16. The molecule has 6 heteroatoms. The summed E-state index contributed by atoms with van der Waals surface area (Å²) in [6.07, 6.45) is 5.50. The lowest BCUT2D eigenvalue weighted by atomic mass is 10.1. The Morgan fingerprint density at radius 2 is 2.08 bits per heavy atom. The third-order valence-corrected chi connectivity index (χ3v) is 4.55. The molecule has 6 nitrogen and oxygen atoms in total. The number of aromatic nitrogens is 2. The molecular weight excluding hydrogens is 316 g/mol. The second-order valence-electron chi connectivity index (χ2n) is 6.25. The van der Waals surface area contributed by atoms with E-state index in [4.69, 9.17) is 0 Å². The number of H-pyrrole nitrogens is 1. The highest BCUT2D eigenvalue weighted by molar-refractivity contribution is 6.06. The van der Waals surface area contributed by atoms with Gasteiger partial charge in [0.25, 0.3) is 5.91 Å². The van der Waals surface area contributed by atoms with Crippen LogP contribution in [0.25, 0.3) is 10.9 Å². The first-order chi connectivity index (χ1) is 12.2. The molecule has 2 N–H and O–H groups in total. The molecule has 4 rings (SSSR count). The van der Waals surface area contributed by atoms with Crippen molar-refractivity contribution in [2.75, 3.05) is 18.0 Å². The highest BCUT2D eigenvalue weighted by Gasteiger charge is 2.30. The molecule has 1 aromatic carbocycles. The van der Waals surface area contributed by atoms with Gasteiger partial charge in [0.1, 0.15) is 0 Å². The fraction of sp³-hybridized carbons (Fsp3) is 0.211. The van der Waals surface area contributed by atoms with E-state index < -0.39 is 0 Å². The predicted octanol–water partition coefficient (Wildman–Crippen LogP) is 2.35. The SMILES string of the molecule is O=C(NCC1CC(=O)N(c2ccccc2)C1)c1cncc2[nH]ccc12. The summed E-state index contributed by atoms with van der Waals surface area (Å²) in [5, 5.41) is 3.79. The number of nitrogens with zero attached hydrogens (tertiary/aromatic N) is 2. The maximum Gasteiger partial charge on any atom is 0.253 e. The molecule has 1 fully saturated rings. The van der Waals surface area contributed by atoms with Crippen LogP contribution in [0.15, 0.2) is 55.0 Å². The minimum Gasteiger partial charge on any atom is -0.360 e. The quantitative estimate of drug-likeness (QED) is 0.769. The average Bonchev–Trinajstić information content (AvgIpc) is 3.26. The van der Waals surface area contributed by atoms with Crippen LogP contribution in [0.2, 0.25) is 0 Å². The molecule has 25 heavy (non-hydrogen) atoms. The fourth-order valence-electron chi connectivity index (χ4n) is 3.27. The van der Waals surface area contributed by atoms with E-state index in [1.807, 2.05) is 36.4 Å². The van der Waals surface area contributed by atoms with Crippen molar-refractivity contribution in [2.24, 2.45) is 5.92 Å². The zero-order chi connectivity index (χ0) is 17.2. The van der Waals surface area contributed by atoms with Crippen molar-refractivity contribution < 1.29 is 9.59 Å². The van der Waals surface area contributed by atoms with E-state index in [9.17, 15) is 9.59 Å². The minimum atomic E-state index is -0.164. The second kappa shape index (κ2) is 6.39. The molecular formula is C19H18N4O2. The molecule has 0 bridgehead atoms. The molecule has 0 radical (unpaired) electrons. The third kappa shape index (κ3) is 2.98. The van der Waals surface area contributed by atoms with Crippen LogP contribution < -0.4 is 10.2 Å². The Bertz CT molecular complexity index is 919. The van der Waals surface area contributed by atoms with Gasteiger partial charge in [0.05, 0.1) is 17.3 Å². The molecule has 1 atom stereocenters. The van der Waals surface area contributed by atoms with Crippen LogP contribution in [0.4, 0.5) is 5.69 Å². The molecule has 3 aromatic rings. The van der Waals surface area contributed by atoms with Crippen molar-refractivity contribution in [2.45, 2.75) is 6.42 Å². The number of para-hydroxylation sites is 1. The van der Waals surface area contributed by atoms with Crippen molar-refractivity contribution in [3.63, 3.8) is 0 Å². The molecule has 1 aliphatic rings. The number of rotatable bonds is 4. The normalized spacial score (nSPS) is 17.2. The van der Waals surface area contributed by atoms with Crippen molar-refractivity contribution >= 4 is 28.4 Å². The highest BCUT2D eigenvalue weighted by atomic mass is 16.2. The molecule has 1 aliphatic heterocycles. The zero-order valence-corrected chi connectivity index (χ0v) is 13.6. The number of anilines is 1. The number of carbonyl (C=O) groups is 2. The predicted molar refractivity (Wildman–Crippen MR) is 95.3 cm³/mol. The maximum absolute atomic E-state index is 12.5. The summed E-state index contributed by atoms with van der Waals surface area (Å²) in [4.78, 5) is 33.6. The smallest absolute Gasteiger partial charge is 0.253 e. The topological polar surface area (TPSA) is 78.1 Å². The Morgan fingerprint density at radius 1 is 1.24 bits per heavy atom. The van der Waals surface area contributed by atoms with Gasteiger partial charge >= 0.3 is 0 Å². The van der Waals surface area contributed by atoms with Gasteiger partial charge in [-0.05, 0) is 18.2 Å². The van der Waals surface area contributed by atoms with Crippen LogP contribution in [0.5, 0.6) is 0 Å². The van der Waals surface area contributed by atoms with E-state index in [2.05, 4.69) is 15.3 Å². The van der Waals surface area contributed by atoms with E-state index in [0.717, 1.165) is 16.6 Å². The van der Waals surface area contributed by atoms with Gasteiger partial charge in [0.15, 0.2) is 0 Å². The van der Waals surface area contributed by atoms with Crippen LogP contribution in [0, 0.1) is 5.92 Å². The summed E-state index contributed by atoms with van der Waals surface area (Å²) in [5.74, 6) is 0.0400. The van der Waals surface area contributed by atoms with Crippen LogP contribution in [-0.4, -0.2) is 34.9 Å². The molecule has 2 aromatic heterocycles. The summed E-state index contributed by atoms with van der Waals surface area (Å²) in [6, 6.07) is 11.5. The Hall–Kier alpha value is -3.15. The number of nitrogens with one attached hydrogen (secondary N) is 2. The van der Waals surface area contributed by atoms with Crippen molar-refractivity contribution in [3.8, 4) is 0 Å². The summed E-state index contributed by atoms with van der Waals surface area (Å²) in [6.45, 7) is 1.09. The third-order valence-electron chi connectivity index (χ3n) is 4.55. The second-order valence-corrected chi connectivity index (χ2v) is 6.25. The number of amides is 2. The Kier molecular flexibility index (Phi) is 3.93. The first-order valence-electron chi connectivity index (χ1n) is 8.27.